The molecule has 0 amide bonds. The number of para-hydroxylation sites is 2. The maximum absolute atomic E-state index is 6.03. The number of thiocarbonyl (C=S) groups is 1. The van der Waals surface area contributed by atoms with Crippen LogP contribution in [0.25, 0.3) is 15.3 Å². The van der Waals surface area contributed by atoms with Gasteiger partial charge in [-0.3, -0.25) is 9.55 Å². The molecule has 6 nitrogen and oxygen atoms in total. The van der Waals surface area contributed by atoms with Crippen LogP contribution in [0.15, 0.2) is 122 Å². The minimum atomic E-state index is -0.157. The average Bonchev–Trinajstić information content (AvgIpc) is 3.71. The zero-order valence-electron chi connectivity index (χ0n) is 20.7. The molecule has 2 atom stereocenters. The minimum Gasteiger partial charge on any atom is -0.457 e. The second-order valence-corrected chi connectivity index (χ2v) is 10.6. The molecule has 190 valence electrons. The van der Waals surface area contributed by atoms with Crippen molar-refractivity contribution in [3.8, 4) is 16.6 Å². The van der Waals surface area contributed by atoms with Crippen molar-refractivity contribution in [2.45, 2.75) is 12.1 Å². The third-order valence-electron chi connectivity index (χ3n) is 6.76. The van der Waals surface area contributed by atoms with Gasteiger partial charge < -0.3 is 15.0 Å². The van der Waals surface area contributed by atoms with E-state index >= 15 is 0 Å². The van der Waals surface area contributed by atoms with Crippen LogP contribution < -0.4 is 15.0 Å². The molecule has 0 spiro atoms. The Morgan fingerprint density at radius 2 is 1.56 bits per heavy atom. The second-order valence-electron chi connectivity index (χ2n) is 9.17. The maximum atomic E-state index is 6.03. The van der Waals surface area contributed by atoms with Gasteiger partial charge >= 0.3 is 0 Å². The lowest BCUT2D eigenvalue weighted by Crippen LogP contribution is -2.30. The molecule has 8 heteroatoms. The molecule has 1 aliphatic heterocycles. The van der Waals surface area contributed by atoms with Gasteiger partial charge in [0.25, 0.3) is 0 Å². The smallest absolute Gasteiger partial charge is 0.194 e. The van der Waals surface area contributed by atoms with Gasteiger partial charge in [0.1, 0.15) is 17.5 Å². The predicted molar refractivity (Wildman–Crippen MR) is 160 cm³/mol. The Labute approximate surface area is 235 Å². The zero-order chi connectivity index (χ0) is 26.2. The van der Waals surface area contributed by atoms with Crippen LogP contribution in [-0.4, -0.2) is 19.6 Å². The number of rotatable bonds is 6. The Bertz CT molecular complexity index is 1720. The molecule has 3 aromatic carbocycles. The highest BCUT2D eigenvalue weighted by Crippen LogP contribution is 2.43. The van der Waals surface area contributed by atoms with E-state index < -0.39 is 0 Å². The van der Waals surface area contributed by atoms with E-state index in [0.717, 1.165) is 43.9 Å². The Balaban J connectivity index is 1.30. The standard InChI is InChI=1S/C31H23N5OS2/c38-30-34-28(25-12-6-7-19-32-25)29(26-13-8-20-35(26)31-33-24-11-4-5-14-27(24)39-31)36(30)21-15-17-23(18-16-21)37-22-9-2-1-3-10-22/h1-20,28-29H,(H,34,38)/t28-,29+/m0/s1. The number of aromatic nitrogens is 3. The molecule has 1 N–H and O–H groups in total. The summed E-state index contributed by atoms with van der Waals surface area (Å²) >= 11 is 7.61. The highest BCUT2D eigenvalue weighted by Gasteiger charge is 2.42. The summed E-state index contributed by atoms with van der Waals surface area (Å²) in [4.78, 5) is 11.8. The van der Waals surface area contributed by atoms with Crippen molar-refractivity contribution in [2.24, 2.45) is 0 Å². The fourth-order valence-electron chi connectivity index (χ4n) is 5.01. The fourth-order valence-corrected chi connectivity index (χ4v) is 6.32. The maximum Gasteiger partial charge on any atom is 0.194 e. The van der Waals surface area contributed by atoms with Crippen LogP contribution in [0.2, 0.25) is 0 Å². The van der Waals surface area contributed by atoms with E-state index in [1.807, 2.05) is 97.2 Å². The van der Waals surface area contributed by atoms with Crippen LogP contribution in [-0.2, 0) is 0 Å². The quantitative estimate of drug-likeness (QED) is 0.219. The summed E-state index contributed by atoms with van der Waals surface area (Å²) in [6.45, 7) is 0. The highest BCUT2D eigenvalue weighted by molar-refractivity contribution is 7.80. The van der Waals surface area contributed by atoms with Crippen LogP contribution in [0.1, 0.15) is 23.5 Å². The van der Waals surface area contributed by atoms with Crippen molar-refractivity contribution in [2.75, 3.05) is 4.90 Å². The highest BCUT2D eigenvalue weighted by atomic mass is 32.1. The summed E-state index contributed by atoms with van der Waals surface area (Å²) in [5.74, 6) is 1.56. The molecule has 0 radical (unpaired) electrons. The van der Waals surface area contributed by atoms with Gasteiger partial charge in [0.05, 0.1) is 27.6 Å². The lowest BCUT2D eigenvalue weighted by molar-refractivity contribution is 0.482. The van der Waals surface area contributed by atoms with E-state index in [0.29, 0.717) is 5.11 Å². The van der Waals surface area contributed by atoms with Crippen LogP contribution in [0, 0.1) is 0 Å². The molecule has 6 aromatic rings. The van der Waals surface area contributed by atoms with E-state index in [1.165, 1.54) is 0 Å². The first kappa shape index (κ1) is 23.6. The summed E-state index contributed by atoms with van der Waals surface area (Å²) in [5, 5.41) is 5.11. The van der Waals surface area contributed by atoms with Gasteiger partial charge in [-0.05, 0) is 85.0 Å². The zero-order valence-corrected chi connectivity index (χ0v) is 22.3. The van der Waals surface area contributed by atoms with Crippen LogP contribution in [0.5, 0.6) is 11.5 Å². The van der Waals surface area contributed by atoms with E-state index in [9.17, 15) is 0 Å². The number of nitrogens with zero attached hydrogens (tertiary/aromatic N) is 4. The Morgan fingerprint density at radius 3 is 2.36 bits per heavy atom. The molecule has 1 fully saturated rings. The molecule has 1 aliphatic rings. The number of hydrogen-bond donors (Lipinski definition) is 1. The van der Waals surface area contributed by atoms with E-state index in [1.54, 1.807) is 11.3 Å². The van der Waals surface area contributed by atoms with Gasteiger partial charge in [-0.15, -0.1) is 0 Å². The first-order valence-corrected chi connectivity index (χ1v) is 13.8. The number of thiazole rings is 1. The van der Waals surface area contributed by atoms with E-state index in [2.05, 4.69) is 39.2 Å². The van der Waals surface area contributed by atoms with Crippen molar-refractivity contribution in [3.05, 3.63) is 133 Å². The lowest BCUT2D eigenvalue weighted by Gasteiger charge is -2.28. The SMILES string of the molecule is S=C1N[C@@H](c2ccccn2)[C@@H](c2cccn2-c2nc3ccccc3s2)N1c1ccc(Oc2ccccc2)cc1. The molecule has 0 unspecified atom stereocenters. The molecule has 7 rings (SSSR count). The van der Waals surface area contributed by atoms with Crippen molar-refractivity contribution in [1.29, 1.82) is 0 Å². The second kappa shape index (κ2) is 9.98. The van der Waals surface area contributed by atoms with E-state index in [-0.39, 0.29) is 12.1 Å². The van der Waals surface area contributed by atoms with E-state index in [4.69, 9.17) is 26.9 Å². The largest absolute Gasteiger partial charge is 0.457 e. The Kier molecular flexibility index (Phi) is 6.03. The molecular weight excluding hydrogens is 523 g/mol. The number of anilines is 1. The summed E-state index contributed by atoms with van der Waals surface area (Å²) in [6.07, 6.45) is 3.89. The molecule has 1 saturated heterocycles. The van der Waals surface area contributed by atoms with Gasteiger partial charge in [0, 0.05) is 18.1 Å². The predicted octanol–water partition coefficient (Wildman–Crippen LogP) is 7.45. The Morgan fingerprint density at radius 1 is 0.795 bits per heavy atom. The Hall–Kier alpha value is -4.53. The van der Waals surface area contributed by atoms with Gasteiger partial charge in [-0.1, -0.05) is 47.7 Å². The number of benzene rings is 3. The summed E-state index contributed by atoms with van der Waals surface area (Å²) in [5.41, 5.74) is 3.95. The normalized spacial score (nSPS) is 16.9. The first-order chi connectivity index (χ1) is 19.2. The number of ether oxygens (including phenoxy) is 1. The third-order valence-corrected chi connectivity index (χ3v) is 8.11. The molecular formula is C31H23N5OS2. The fraction of sp³-hybridized carbons (Fsp3) is 0.0645. The van der Waals surface area contributed by atoms with Crippen LogP contribution >= 0.6 is 23.6 Å². The molecule has 4 heterocycles. The summed E-state index contributed by atoms with van der Waals surface area (Å²) in [7, 11) is 0. The van der Waals surface area contributed by atoms with Crippen molar-refractivity contribution >= 4 is 44.6 Å². The van der Waals surface area contributed by atoms with Gasteiger partial charge in [-0.25, -0.2) is 4.98 Å². The minimum absolute atomic E-state index is 0.151. The number of hydrogen-bond acceptors (Lipinski definition) is 5. The molecule has 0 saturated carbocycles. The average molecular weight is 546 g/mol. The van der Waals surface area contributed by atoms with Gasteiger partial charge in [-0.2, -0.15) is 0 Å². The molecule has 0 aliphatic carbocycles. The van der Waals surface area contributed by atoms with Gasteiger partial charge in [0.2, 0.25) is 0 Å². The summed E-state index contributed by atoms with van der Waals surface area (Å²) < 4.78 is 9.35. The van der Waals surface area contributed by atoms with Gasteiger partial charge in [0.15, 0.2) is 10.2 Å². The lowest BCUT2D eigenvalue weighted by atomic mass is 10.0. The molecule has 39 heavy (non-hydrogen) atoms. The summed E-state index contributed by atoms with van der Waals surface area (Å²) in [6, 6.07) is 35.9. The van der Waals surface area contributed by atoms with Crippen molar-refractivity contribution < 1.29 is 4.74 Å². The first-order valence-electron chi connectivity index (χ1n) is 12.6. The van der Waals surface area contributed by atoms with Crippen molar-refractivity contribution in [3.63, 3.8) is 0 Å². The molecule has 0 bridgehead atoms. The number of pyridine rings is 1. The molecule has 3 aromatic heterocycles. The van der Waals surface area contributed by atoms with Crippen LogP contribution in [0.4, 0.5) is 5.69 Å². The number of nitrogens with one attached hydrogen (secondary N) is 1. The number of fused-ring (bicyclic) bond motifs is 1. The topological polar surface area (TPSA) is 55.2 Å². The monoisotopic (exact) mass is 545 g/mol. The third kappa shape index (κ3) is 4.43. The van der Waals surface area contributed by atoms with Crippen molar-refractivity contribution in [1.82, 2.24) is 19.9 Å². The van der Waals surface area contributed by atoms with Crippen LogP contribution in [0.3, 0.4) is 0 Å².